The van der Waals surface area contributed by atoms with E-state index in [2.05, 4.69) is 10.1 Å². The van der Waals surface area contributed by atoms with Gasteiger partial charge in [0.1, 0.15) is 6.33 Å². The number of para-hydroxylation sites is 1. The van der Waals surface area contributed by atoms with Gasteiger partial charge >= 0.3 is 6.18 Å². The van der Waals surface area contributed by atoms with Crippen LogP contribution < -0.4 is 0 Å². The van der Waals surface area contributed by atoms with Crippen LogP contribution in [-0.2, 0) is 11.9 Å². The molecule has 0 atom stereocenters. The molecule has 0 spiro atoms. The number of benzene rings is 2. The van der Waals surface area contributed by atoms with E-state index in [0.717, 1.165) is 17.8 Å². The molecular formula is C16H12F3N3S. The first kappa shape index (κ1) is 15.6. The predicted octanol–water partition coefficient (Wildman–Crippen LogP) is 4.58. The maximum atomic E-state index is 12.7. The Morgan fingerprint density at radius 1 is 1.00 bits per heavy atom. The SMILES string of the molecule is FC(F)(F)c1cccc(CSc2ncn(-c3ccccc3)n2)c1. The molecule has 0 aliphatic rings. The number of thioether (sulfide) groups is 1. The normalized spacial score (nSPS) is 11.6. The monoisotopic (exact) mass is 335 g/mol. The Hall–Kier alpha value is -2.28. The Morgan fingerprint density at radius 3 is 2.52 bits per heavy atom. The molecule has 0 bridgehead atoms. The van der Waals surface area contributed by atoms with Crippen molar-refractivity contribution < 1.29 is 13.2 Å². The van der Waals surface area contributed by atoms with Gasteiger partial charge < -0.3 is 0 Å². The zero-order chi connectivity index (χ0) is 16.3. The number of rotatable bonds is 4. The molecule has 23 heavy (non-hydrogen) atoms. The van der Waals surface area contributed by atoms with Gasteiger partial charge in [-0.3, -0.25) is 0 Å². The molecular weight excluding hydrogens is 323 g/mol. The van der Waals surface area contributed by atoms with Crippen LogP contribution in [0, 0.1) is 0 Å². The van der Waals surface area contributed by atoms with E-state index in [1.165, 1.54) is 17.8 Å². The Balaban J connectivity index is 1.69. The minimum atomic E-state index is -4.33. The van der Waals surface area contributed by atoms with Crippen molar-refractivity contribution >= 4 is 11.8 Å². The van der Waals surface area contributed by atoms with Crippen molar-refractivity contribution in [3.63, 3.8) is 0 Å². The first-order chi connectivity index (χ1) is 11.0. The molecule has 0 aliphatic carbocycles. The fraction of sp³-hybridized carbons (Fsp3) is 0.125. The Kier molecular flexibility index (Phi) is 4.38. The Morgan fingerprint density at radius 2 is 1.78 bits per heavy atom. The third-order valence-corrected chi connectivity index (χ3v) is 4.04. The van der Waals surface area contributed by atoms with Gasteiger partial charge in [0.2, 0.25) is 5.16 Å². The van der Waals surface area contributed by atoms with Crippen molar-refractivity contribution in [3.05, 3.63) is 72.1 Å². The van der Waals surface area contributed by atoms with Crippen LogP contribution in [0.4, 0.5) is 13.2 Å². The lowest BCUT2D eigenvalue weighted by molar-refractivity contribution is -0.137. The molecule has 3 rings (SSSR count). The van der Waals surface area contributed by atoms with Crippen molar-refractivity contribution in [2.24, 2.45) is 0 Å². The van der Waals surface area contributed by atoms with E-state index in [-0.39, 0.29) is 0 Å². The first-order valence-electron chi connectivity index (χ1n) is 6.78. The van der Waals surface area contributed by atoms with Crippen LogP contribution in [0.5, 0.6) is 0 Å². The number of alkyl halides is 3. The van der Waals surface area contributed by atoms with Crippen LogP contribution in [0.3, 0.4) is 0 Å². The van der Waals surface area contributed by atoms with Gasteiger partial charge in [-0.25, -0.2) is 9.67 Å². The molecule has 3 aromatic rings. The minimum Gasteiger partial charge on any atom is -0.220 e. The van der Waals surface area contributed by atoms with Crippen molar-refractivity contribution in [3.8, 4) is 5.69 Å². The number of halogens is 3. The lowest BCUT2D eigenvalue weighted by Gasteiger charge is -2.07. The summed E-state index contributed by atoms with van der Waals surface area (Å²) in [5, 5.41) is 4.83. The molecule has 1 heterocycles. The number of hydrogen-bond donors (Lipinski definition) is 0. The van der Waals surface area contributed by atoms with Gasteiger partial charge in [-0.1, -0.05) is 48.2 Å². The van der Waals surface area contributed by atoms with Crippen molar-refractivity contribution in [2.45, 2.75) is 17.1 Å². The van der Waals surface area contributed by atoms with Crippen LogP contribution in [0.1, 0.15) is 11.1 Å². The third kappa shape index (κ3) is 3.92. The maximum Gasteiger partial charge on any atom is 0.416 e. The summed E-state index contributed by atoms with van der Waals surface area (Å²) in [7, 11) is 0. The second-order valence-corrected chi connectivity index (χ2v) is 5.74. The van der Waals surface area contributed by atoms with Gasteiger partial charge in [0.15, 0.2) is 0 Å². The minimum absolute atomic E-state index is 0.378. The largest absolute Gasteiger partial charge is 0.416 e. The second-order valence-electron chi connectivity index (χ2n) is 4.79. The topological polar surface area (TPSA) is 30.7 Å². The van der Waals surface area contributed by atoms with Crippen LogP contribution in [-0.4, -0.2) is 14.8 Å². The quantitative estimate of drug-likeness (QED) is 0.654. The molecule has 0 saturated heterocycles. The summed E-state index contributed by atoms with van der Waals surface area (Å²) in [5.41, 5.74) is 0.824. The van der Waals surface area contributed by atoms with Gasteiger partial charge in [0.05, 0.1) is 11.3 Å². The molecule has 118 valence electrons. The van der Waals surface area contributed by atoms with E-state index in [4.69, 9.17) is 0 Å². The summed E-state index contributed by atoms with van der Waals surface area (Å²) in [6.45, 7) is 0. The van der Waals surface area contributed by atoms with Crippen molar-refractivity contribution in [2.75, 3.05) is 0 Å². The molecule has 2 aromatic carbocycles. The highest BCUT2D eigenvalue weighted by Gasteiger charge is 2.30. The van der Waals surface area contributed by atoms with E-state index in [9.17, 15) is 13.2 Å². The zero-order valence-corrected chi connectivity index (χ0v) is 12.7. The molecule has 7 heteroatoms. The lowest BCUT2D eigenvalue weighted by atomic mass is 10.1. The highest BCUT2D eigenvalue weighted by molar-refractivity contribution is 7.98. The second kappa shape index (κ2) is 6.45. The first-order valence-corrected chi connectivity index (χ1v) is 7.77. The number of hydrogen-bond acceptors (Lipinski definition) is 3. The molecule has 0 saturated carbocycles. The molecule has 0 unspecified atom stereocenters. The van der Waals surface area contributed by atoms with E-state index in [1.807, 2.05) is 30.3 Å². The summed E-state index contributed by atoms with van der Waals surface area (Å²) in [5.74, 6) is 0.378. The van der Waals surface area contributed by atoms with E-state index in [1.54, 1.807) is 17.1 Å². The van der Waals surface area contributed by atoms with E-state index >= 15 is 0 Å². The fourth-order valence-corrected chi connectivity index (χ4v) is 2.75. The van der Waals surface area contributed by atoms with E-state index in [0.29, 0.717) is 16.5 Å². The smallest absolute Gasteiger partial charge is 0.220 e. The molecule has 1 aromatic heterocycles. The van der Waals surface area contributed by atoms with Gasteiger partial charge in [-0.2, -0.15) is 13.2 Å². The van der Waals surface area contributed by atoms with Gasteiger partial charge in [0.25, 0.3) is 0 Å². The maximum absolute atomic E-state index is 12.7. The average Bonchev–Trinajstić information content (AvgIpc) is 3.02. The number of aromatic nitrogens is 3. The zero-order valence-electron chi connectivity index (χ0n) is 11.9. The van der Waals surface area contributed by atoms with Crippen molar-refractivity contribution in [1.82, 2.24) is 14.8 Å². The standard InChI is InChI=1S/C16H12F3N3S/c17-16(18,19)13-6-4-5-12(9-13)10-23-15-20-11-22(21-15)14-7-2-1-3-8-14/h1-9,11H,10H2. The summed E-state index contributed by atoms with van der Waals surface area (Å²) in [6, 6.07) is 14.8. The highest BCUT2D eigenvalue weighted by Crippen LogP contribution is 2.30. The molecule has 0 amide bonds. The van der Waals surface area contributed by atoms with Gasteiger partial charge in [-0.05, 0) is 23.8 Å². The van der Waals surface area contributed by atoms with Crippen LogP contribution in [0.15, 0.2) is 66.1 Å². The molecule has 0 N–H and O–H groups in total. The fourth-order valence-electron chi connectivity index (χ4n) is 2.00. The number of nitrogens with zero attached hydrogens (tertiary/aromatic N) is 3. The highest BCUT2D eigenvalue weighted by atomic mass is 32.2. The molecule has 0 aliphatic heterocycles. The molecule has 0 fully saturated rings. The summed E-state index contributed by atoms with van der Waals surface area (Å²) >= 11 is 1.30. The van der Waals surface area contributed by atoms with E-state index < -0.39 is 11.7 Å². The van der Waals surface area contributed by atoms with Crippen LogP contribution >= 0.6 is 11.8 Å². The van der Waals surface area contributed by atoms with Crippen LogP contribution in [0.25, 0.3) is 5.69 Å². The predicted molar refractivity (Wildman–Crippen MR) is 82.4 cm³/mol. The lowest BCUT2D eigenvalue weighted by Crippen LogP contribution is -2.04. The summed E-state index contributed by atoms with van der Waals surface area (Å²) < 4.78 is 39.7. The molecule has 3 nitrogen and oxygen atoms in total. The van der Waals surface area contributed by atoms with Crippen molar-refractivity contribution in [1.29, 1.82) is 0 Å². The third-order valence-electron chi connectivity index (χ3n) is 3.11. The summed E-state index contributed by atoms with van der Waals surface area (Å²) in [4.78, 5) is 4.17. The molecule has 0 radical (unpaired) electrons. The van der Waals surface area contributed by atoms with Gasteiger partial charge in [0, 0.05) is 5.75 Å². The Labute approximate surface area is 135 Å². The Bertz CT molecular complexity index is 785. The summed E-state index contributed by atoms with van der Waals surface area (Å²) in [6.07, 6.45) is -2.74. The average molecular weight is 335 g/mol. The van der Waals surface area contributed by atoms with Gasteiger partial charge in [-0.15, -0.1) is 5.10 Å². The van der Waals surface area contributed by atoms with Crippen LogP contribution in [0.2, 0.25) is 0 Å².